The second-order valence-corrected chi connectivity index (χ2v) is 6.61. The van der Waals surface area contributed by atoms with Gasteiger partial charge in [-0.25, -0.2) is 9.78 Å². The van der Waals surface area contributed by atoms with Crippen LogP contribution in [0.25, 0.3) is 22.6 Å². The molecule has 1 heterocycles. The maximum absolute atomic E-state index is 11.9. The Bertz CT molecular complexity index is 1100. The predicted molar refractivity (Wildman–Crippen MR) is 106 cm³/mol. The Kier molecular flexibility index (Phi) is 4.20. The average molecular weight is 358 g/mol. The summed E-state index contributed by atoms with van der Waals surface area (Å²) in [4.78, 5) is 27.8. The smallest absolute Gasteiger partial charge is 0.336 e. The van der Waals surface area contributed by atoms with E-state index in [9.17, 15) is 14.7 Å². The van der Waals surface area contributed by atoms with Crippen molar-refractivity contribution in [2.75, 3.05) is 5.32 Å². The number of carboxylic acid groups (broad SMARTS) is 1. The highest BCUT2D eigenvalue weighted by atomic mass is 16.4. The van der Waals surface area contributed by atoms with Gasteiger partial charge in [0.2, 0.25) is 5.91 Å². The van der Waals surface area contributed by atoms with Gasteiger partial charge >= 0.3 is 5.97 Å². The van der Waals surface area contributed by atoms with Crippen LogP contribution in [0.4, 0.5) is 5.69 Å². The summed E-state index contributed by atoms with van der Waals surface area (Å²) in [5.74, 6) is -1.02. The van der Waals surface area contributed by atoms with Gasteiger partial charge in [0.1, 0.15) is 0 Å². The number of carbonyl (C=O) groups is 2. The number of carboxylic acids is 1. The van der Waals surface area contributed by atoms with E-state index < -0.39 is 5.97 Å². The van der Waals surface area contributed by atoms with Crippen LogP contribution in [0, 0.1) is 0 Å². The molecule has 0 bridgehead atoms. The Morgan fingerprint density at radius 1 is 1.07 bits per heavy atom. The van der Waals surface area contributed by atoms with Gasteiger partial charge in [0.15, 0.2) is 0 Å². The lowest BCUT2D eigenvalue weighted by molar-refractivity contribution is -0.114. The summed E-state index contributed by atoms with van der Waals surface area (Å²) in [7, 11) is 0. The zero-order valence-electron chi connectivity index (χ0n) is 14.8. The standard InChI is InChI=1S/C22H18N2O3/c1-13(25)23-16-9-6-14(7-10-16)12-15-8-11-18-20(22(26)27)17-4-2-3-5-19(17)24-21(15)18/h2-7,9-10,12H,8,11H2,1H3,(H,23,25)(H,26,27). The van der Waals surface area contributed by atoms with E-state index in [0.29, 0.717) is 22.9 Å². The quantitative estimate of drug-likeness (QED) is 0.728. The fraction of sp³-hybridized carbons (Fsp3) is 0.136. The molecule has 0 aliphatic heterocycles. The van der Waals surface area contributed by atoms with Crippen molar-refractivity contribution in [2.24, 2.45) is 0 Å². The molecule has 1 aromatic heterocycles. The van der Waals surface area contributed by atoms with Gasteiger partial charge in [-0.1, -0.05) is 30.3 Å². The molecule has 0 spiro atoms. The highest BCUT2D eigenvalue weighted by molar-refractivity contribution is 6.06. The lowest BCUT2D eigenvalue weighted by Crippen LogP contribution is -2.05. The van der Waals surface area contributed by atoms with Crippen LogP contribution in [0.2, 0.25) is 0 Å². The fourth-order valence-corrected chi connectivity index (χ4v) is 3.59. The van der Waals surface area contributed by atoms with Crippen LogP contribution in [0.5, 0.6) is 0 Å². The number of fused-ring (bicyclic) bond motifs is 2. The number of aromatic carboxylic acids is 1. The lowest BCUT2D eigenvalue weighted by Gasteiger charge is -2.09. The van der Waals surface area contributed by atoms with Crippen molar-refractivity contribution in [1.29, 1.82) is 0 Å². The Labute approximate surface area is 156 Å². The molecule has 5 heteroatoms. The molecule has 1 amide bonds. The number of benzene rings is 2. The third-order valence-corrected chi connectivity index (χ3v) is 4.73. The number of aromatic nitrogens is 1. The number of para-hydroxylation sites is 1. The monoisotopic (exact) mass is 358 g/mol. The maximum Gasteiger partial charge on any atom is 0.336 e. The number of anilines is 1. The maximum atomic E-state index is 11.9. The summed E-state index contributed by atoms with van der Waals surface area (Å²) in [6.07, 6.45) is 3.47. The molecule has 1 aliphatic rings. The number of nitrogens with zero attached hydrogens (tertiary/aromatic N) is 1. The minimum absolute atomic E-state index is 0.108. The molecule has 0 radical (unpaired) electrons. The number of rotatable bonds is 3. The second kappa shape index (κ2) is 6.68. The van der Waals surface area contributed by atoms with E-state index >= 15 is 0 Å². The first kappa shape index (κ1) is 17.0. The van der Waals surface area contributed by atoms with Crippen molar-refractivity contribution in [2.45, 2.75) is 19.8 Å². The molecule has 1 aliphatic carbocycles. The molecule has 0 atom stereocenters. The Balaban J connectivity index is 1.78. The van der Waals surface area contributed by atoms with Crippen LogP contribution in [0.15, 0.2) is 48.5 Å². The average Bonchev–Trinajstić information content (AvgIpc) is 3.03. The molecular weight excluding hydrogens is 340 g/mol. The summed E-state index contributed by atoms with van der Waals surface area (Å²) in [5, 5.41) is 13.2. The normalized spacial score (nSPS) is 14.3. The number of hydrogen-bond donors (Lipinski definition) is 2. The van der Waals surface area contributed by atoms with E-state index in [2.05, 4.69) is 5.32 Å². The van der Waals surface area contributed by atoms with Gasteiger partial charge in [-0.15, -0.1) is 0 Å². The number of allylic oxidation sites excluding steroid dienone is 1. The van der Waals surface area contributed by atoms with Crippen molar-refractivity contribution < 1.29 is 14.7 Å². The number of carbonyl (C=O) groups excluding carboxylic acids is 1. The fourth-order valence-electron chi connectivity index (χ4n) is 3.59. The Morgan fingerprint density at radius 2 is 1.81 bits per heavy atom. The van der Waals surface area contributed by atoms with E-state index in [1.807, 2.05) is 54.6 Å². The number of pyridine rings is 1. The zero-order chi connectivity index (χ0) is 19.0. The van der Waals surface area contributed by atoms with E-state index in [1.165, 1.54) is 6.92 Å². The van der Waals surface area contributed by atoms with Crippen LogP contribution in [-0.4, -0.2) is 22.0 Å². The molecule has 5 nitrogen and oxygen atoms in total. The lowest BCUT2D eigenvalue weighted by atomic mass is 10.0. The third kappa shape index (κ3) is 3.19. The van der Waals surface area contributed by atoms with Gasteiger partial charge < -0.3 is 10.4 Å². The van der Waals surface area contributed by atoms with Gasteiger partial charge in [-0.05, 0) is 53.8 Å². The van der Waals surface area contributed by atoms with Crippen molar-refractivity contribution in [3.8, 4) is 0 Å². The summed E-state index contributed by atoms with van der Waals surface area (Å²) >= 11 is 0. The molecule has 2 N–H and O–H groups in total. The van der Waals surface area contributed by atoms with Crippen LogP contribution in [-0.2, 0) is 11.2 Å². The third-order valence-electron chi connectivity index (χ3n) is 4.73. The summed E-state index contributed by atoms with van der Waals surface area (Å²) in [6.45, 7) is 1.47. The van der Waals surface area contributed by atoms with Crippen LogP contribution >= 0.6 is 0 Å². The number of hydrogen-bond acceptors (Lipinski definition) is 3. The molecule has 0 saturated heterocycles. The molecule has 0 unspecified atom stereocenters. The molecule has 4 rings (SSSR count). The van der Waals surface area contributed by atoms with Crippen molar-refractivity contribution >= 4 is 40.1 Å². The topological polar surface area (TPSA) is 79.3 Å². The minimum atomic E-state index is -0.911. The second-order valence-electron chi connectivity index (χ2n) is 6.61. The molecule has 3 aromatic rings. The van der Waals surface area contributed by atoms with E-state index in [4.69, 9.17) is 4.98 Å². The first-order chi connectivity index (χ1) is 13.0. The van der Waals surface area contributed by atoms with Gasteiger partial charge in [0, 0.05) is 18.0 Å². The summed E-state index contributed by atoms with van der Waals surface area (Å²) in [5.41, 5.74) is 5.40. The van der Waals surface area contributed by atoms with Crippen LogP contribution in [0.1, 0.15) is 40.5 Å². The SMILES string of the molecule is CC(=O)Nc1ccc(C=C2CCc3c2nc2ccccc2c3C(=O)O)cc1. The first-order valence-electron chi connectivity index (χ1n) is 8.76. The van der Waals surface area contributed by atoms with Gasteiger partial charge in [-0.2, -0.15) is 0 Å². The van der Waals surface area contributed by atoms with Gasteiger partial charge in [0.05, 0.1) is 16.8 Å². The summed E-state index contributed by atoms with van der Waals surface area (Å²) in [6, 6.07) is 14.9. The number of nitrogens with one attached hydrogen (secondary N) is 1. The van der Waals surface area contributed by atoms with E-state index in [-0.39, 0.29) is 5.91 Å². The molecule has 0 fully saturated rings. The van der Waals surface area contributed by atoms with Crippen molar-refractivity contribution in [3.05, 3.63) is 70.9 Å². The number of amides is 1. The van der Waals surface area contributed by atoms with Crippen LogP contribution < -0.4 is 5.32 Å². The van der Waals surface area contributed by atoms with Crippen molar-refractivity contribution in [1.82, 2.24) is 4.98 Å². The largest absolute Gasteiger partial charge is 0.478 e. The zero-order valence-corrected chi connectivity index (χ0v) is 14.8. The van der Waals surface area contributed by atoms with Gasteiger partial charge in [0.25, 0.3) is 0 Å². The Hall–Kier alpha value is -3.47. The molecule has 134 valence electrons. The first-order valence-corrected chi connectivity index (χ1v) is 8.76. The van der Waals surface area contributed by atoms with Crippen LogP contribution in [0.3, 0.4) is 0 Å². The highest BCUT2D eigenvalue weighted by Crippen LogP contribution is 2.37. The van der Waals surface area contributed by atoms with E-state index in [0.717, 1.165) is 34.5 Å². The predicted octanol–water partition coefficient (Wildman–Crippen LogP) is 4.38. The van der Waals surface area contributed by atoms with Crippen molar-refractivity contribution in [3.63, 3.8) is 0 Å². The molecule has 0 saturated carbocycles. The Morgan fingerprint density at radius 3 is 2.52 bits per heavy atom. The molecular formula is C22H18N2O3. The molecule has 27 heavy (non-hydrogen) atoms. The van der Waals surface area contributed by atoms with E-state index in [1.54, 1.807) is 0 Å². The molecule has 2 aromatic carbocycles. The minimum Gasteiger partial charge on any atom is -0.478 e. The van der Waals surface area contributed by atoms with Gasteiger partial charge in [-0.3, -0.25) is 4.79 Å². The highest BCUT2D eigenvalue weighted by Gasteiger charge is 2.26. The summed E-state index contributed by atoms with van der Waals surface area (Å²) < 4.78 is 0.